The van der Waals surface area contributed by atoms with E-state index in [0.717, 1.165) is 12.8 Å². The topological polar surface area (TPSA) is 65.1 Å². The third kappa shape index (κ3) is 5.99. The van der Waals surface area contributed by atoms with Gasteiger partial charge in [-0.15, -0.1) is 0 Å². The minimum atomic E-state index is -0.507. The molecular formula is C24H29NO5. The molecule has 0 spiro atoms. The first kappa shape index (κ1) is 21.7. The van der Waals surface area contributed by atoms with Gasteiger partial charge in [0.1, 0.15) is 29.5 Å². The molecule has 0 N–H and O–H groups in total. The van der Waals surface area contributed by atoms with Gasteiger partial charge in [-0.2, -0.15) is 0 Å². The summed E-state index contributed by atoms with van der Waals surface area (Å²) in [5.41, 5.74) is 0.145. The molecule has 1 aliphatic heterocycles. The lowest BCUT2D eigenvalue weighted by Crippen LogP contribution is -2.42. The van der Waals surface area contributed by atoms with E-state index in [2.05, 4.69) is 0 Å². The first-order chi connectivity index (χ1) is 14.2. The Labute approximate surface area is 177 Å². The molecule has 0 radical (unpaired) electrons. The zero-order valence-electron chi connectivity index (χ0n) is 18.0. The Morgan fingerprint density at radius 1 is 0.967 bits per heavy atom. The molecule has 0 bridgehead atoms. The van der Waals surface area contributed by atoms with E-state index in [1.54, 1.807) is 29.2 Å². The van der Waals surface area contributed by atoms with Crippen molar-refractivity contribution >= 4 is 11.9 Å². The van der Waals surface area contributed by atoms with Crippen molar-refractivity contribution in [2.45, 2.75) is 52.2 Å². The second-order valence-electron chi connectivity index (χ2n) is 8.43. The van der Waals surface area contributed by atoms with Crippen molar-refractivity contribution < 1.29 is 23.8 Å². The predicted molar refractivity (Wildman–Crippen MR) is 114 cm³/mol. The third-order valence-electron chi connectivity index (χ3n) is 4.77. The number of Topliss-reactive ketones (excluding diaryl/α,β-unsaturated/α-hetero) is 1. The molecule has 6 nitrogen and oxygen atoms in total. The summed E-state index contributed by atoms with van der Waals surface area (Å²) in [5, 5.41) is 0. The number of hydrogen-bond donors (Lipinski definition) is 0. The number of likely N-dealkylation sites (tertiary alicyclic amines) is 1. The molecule has 1 heterocycles. The number of benzene rings is 2. The normalized spacial score (nSPS) is 16.3. The fraction of sp³-hybridized carbons (Fsp3) is 0.417. The Balaban J connectivity index is 1.53. The maximum absolute atomic E-state index is 12.4. The largest absolute Gasteiger partial charge is 0.491 e. The highest BCUT2D eigenvalue weighted by atomic mass is 16.6. The van der Waals surface area contributed by atoms with Crippen LogP contribution in [-0.2, 0) is 4.74 Å². The third-order valence-corrected chi connectivity index (χ3v) is 4.77. The molecule has 0 saturated carbocycles. The fourth-order valence-corrected chi connectivity index (χ4v) is 3.26. The molecule has 0 unspecified atom stereocenters. The van der Waals surface area contributed by atoms with Crippen LogP contribution in [0.2, 0.25) is 0 Å². The van der Waals surface area contributed by atoms with Crippen molar-refractivity contribution in [3.8, 4) is 17.2 Å². The standard InChI is InChI=1S/C24H29NO5/c1-17(26)18-7-9-21(10-8-18)29-22-13-11-20(12-14-22)28-16-19-6-5-15-25(19)23(27)30-24(2,3)4/h7-14,19H,5-6,15-16H2,1-4H3/t19-/m1/s1. The van der Waals surface area contributed by atoms with Gasteiger partial charge in [-0.25, -0.2) is 4.79 Å². The average Bonchev–Trinajstić information content (AvgIpc) is 3.15. The van der Waals surface area contributed by atoms with Crippen LogP contribution in [0.15, 0.2) is 48.5 Å². The van der Waals surface area contributed by atoms with Gasteiger partial charge in [-0.1, -0.05) is 0 Å². The lowest BCUT2D eigenvalue weighted by molar-refractivity contribution is 0.0187. The van der Waals surface area contributed by atoms with E-state index in [1.165, 1.54) is 6.92 Å². The van der Waals surface area contributed by atoms with Gasteiger partial charge in [0.05, 0.1) is 6.04 Å². The summed E-state index contributed by atoms with van der Waals surface area (Å²) in [5.74, 6) is 2.07. The van der Waals surface area contributed by atoms with Crippen molar-refractivity contribution in [3.63, 3.8) is 0 Å². The minimum absolute atomic E-state index is 0.00978. The number of carbonyl (C=O) groups excluding carboxylic acids is 2. The molecule has 1 aliphatic rings. The summed E-state index contributed by atoms with van der Waals surface area (Å²) in [4.78, 5) is 25.5. The molecule has 1 amide bonds. The quantitative estimate of drug-likeness (QED) is 0.591. The van der Waals surface area contributed by atoms with E-state index in [-0.39, 0.29) is 17.9 Å². The van der Waals surface area contributed by atoms with Gasteiger partial charge < -0.3 is 19.1 Å². The molecule has 3 rings (SSSR count). The number of ketones is 1. The highest BCUT2D eigenvalue weighted by Gasteiger charge is 2.32. The maximum atomic E-state index is 12.4. The first-order valence-corrected chi connectivity index (χ1v) is 10.2. The maximum Gasteiger partial charge on any atom is 0.410 e. The van der Waals surface area contributed by atoms with E-state index < -0.39 is 5.60 Å². The minimum Gasteiger partial charge on any atom is -0.491 e. The number of ether oxygens (including phenoxy) is 3. The summed E-state index contributed by atoms with van der Waals surface area (Å²) in [7, 11) is 0. The van der Waals surface area contributed by atoms with E-state index in [9.17, 15) is 9.59 Å². The van der Waals surface area contributed by atoms with Gasteiger partial charge in [0.25, 0.3) is 0 Å². The number of carbonyl (C=O) groups is 2. The Bertz CT molecular complexity index is 868. The molecule has 1 atom stereocenters. The predicted octanol–water partition coefficient (Wildman–Crippen LogP) is 5.46. The Morgan fingerprint density at radius 2 is 1.53 bits per heavy atom. The van der Waals surface area contributed by atoms with Crippen LogP contribution in [0.25, 0.3) is 0 Å². The van der Waals surface area contributed by atoms with Crippen LogP contribution in [0.5, 0.6) is 17.2 Å². The molecule has 1 fully saturated rings. The van der Waals surface area contributed by atoms with Crippen LogP contribution in [0, 0.1) is 0 Å². The molecule has 2 aromatic carbocycles. The number of amides is 1. The molecule has 0 aromatic heterocycles. The van der Waals surface area contributed by atoms with Gasteiger partial charge in [0.15, 0.2) is 5.78 Å². The molecule has 30 heavy (non-hydrogen) atoms. The first-order valence-electron chi connectivity index (χ1n) is 10.2. The summed E-state index contributed by atoms with van der Waals surface area (Å²) in [6, 6.07) is 14.4. The highest BCUT2D eigenvalue weighted by Crippen LogP contribution is 2.26. The Hall–Kier alpha value is -3.02. The zero-order chi connectivity index (χ0) is 21.7. The smallest absolute Gasteiger partial charge is 0.410 e. The van der Waals surface area contributed by atoms with Gasteiger partial charge >= 0.3 is 6.09 Å². The van der Waals surface area contributed by atoms with E-state index in [4.69, 9.17) is 14.2 Å². The van der Waals surface area contributed by atoms with Gasteiger partial charge in [0.2, 0.25) is 0 Å². The van der Waals surface area contributed by atoms with Crippen LogP contribution >= 0.6 is 0 Å². The SMILES string of the molecule is CC(=O)c1ccc(Oc2ccc(OC[C@H]3CCCN3C(=O)OC(C)(C)C)cc2)cc1. The van der Waals surface area contributed by atoms with Crippen LogP contribution in [-0.4, -0.2) is 41.6 Å². The van der Waals surface area contributed by atoms with E-state index >= 15 is 0 Å². The van der Waals surface area contributed by atoms with Crippen molar-refractivity contribution in [1.29, 1.82) is 0 Å². The van der Waals surface area contributed by atoms with Gasteiger partial charge in [-0.3, -0.25) is 4.79 Å². The Morgan fingerprint density at radius 3 is 2.10 bits per heavy atom. The molecule has 6 heteroatoms. The van der Waals surface area contributed by atoms with Crippen molar-refractivity contribution in [3.05, 3.63) is 54.1 Å². The van der Waals surface area contributed by atoms with E-state index in [0.29, 0.717) is 36.0 Å². The van der Waals surface area contributed by atoms with Crippen molar-refractivity contribution in [2.24, 2.45) is 0 Å². The van der Waals surface area contributed by atoms with Gasteiger partial charge in [-0.05, 0) is 89.1 Å². The monoisotopic (exact) mass is 411 g/mol. The zero-order valence-corrected chi connectivity index (χ0v) is 18.0. The highest BCUT2D eigenvalue weighted by molar-refractivity contribution is 5.94. The Kier molecular flexibility index (Phi) is 6.65. The molecule has 160 valence electrons. The summed E-state index contributed by atoms with van der Waals surface area (Å²) in [6.07, 6.45) is 1.56. The van der Waals surface area contributed by atoms with Crippen molar-refractivity contribution in [1.82, 2.24) is 4.90 Å². The van der Waals surface area contributed by atoms with E-state index in [1.807, 2.05) is 45.0 Å². The number of rotatable bonds is 6. The summed E-state index contributed by atoms with van der Waals surface area (Å²) >= 11 is 0. The lowest BCUT2D eigenvalue weighted by atomic mass is 10.1. The molecule has 0 aliphatic carbocycles. The second-order valence-corrected chi connectivity index (χ2v) is 8.43. The molecule has 2 aromatic rings. The second kappa shape index (κ2) is 9.20. The fourth-order valence-electron chi connectivity index (χ4n) is 3.26. The number of nitrogens with zero attached hydrogens (tertiary/aromatic N) is 1. The van der Waals surface area contributed by atoms with Gasteiger partial charge in [0, 0.05) is 12.1 Å². The molecule has 1 saturated heterocycles. The van der Waals surface area contributed by atoms with Crippen molar-refractivity contribution in [2.75, 3.05) is 13.2 Å². The van der Waals surface area contributed by atoms with Crippen LogP contribution in [0.1, 0.15) is 50.9 Å². The van der Waals surface area contributed by atoms with Crippen LogP contribution in [0.4, 0.5) is 4.79 Å². The summed E-state index contributed by atoms with van der Waals surface area (Å²) < 4.78 is 17.2. The van der Waals surface area contributed by atoms with Crippen LogP contribution < -0.4 is 9.47 Å². The average molecular weight is 411 g/mol. The van der Waals surface area contributed by atoms with Crippen LogP contribution in [0.3, 0.4) is 0 Å². The number of hydrogen-bond acceptors (Lipinski definition) is 5. The lowest BCUT2D eigenvalue weighted by Gasteiger charge is -2.28. The molecular weight excluding hydrogens is 382 g/mol. The summed E-state index contributed by atoms with van der Waals surface area (Å²) in [6.45, 7) is 8.26.